The highest BCUT2D eigenvalue weighted by molar-refractivity contribution is 9.11. The molecule has 1 aromatic heterocycles. The van der Waals surface area contributed by atoms with Gasteiger partial charge in [-0.15, -0.1) is 23.1 Å². The number of thiophene rings is 1. The number of hydrogen-bond donors (Lipinski definition) is 3. The predicted octanol–water partition coefficient (Wildman–Crippen LogP) is 1.53. The summed E-state index contributed by atoms with van der Waals surface area (Å²) in [6.07, 6.45) is 0. The number of hydrogen-bond acceptors (Lipinski definition) is 6. The molecular formula is C15H18BrN3O4S2. The van der Waals surface area contributed by atoms with Crippen LogP contribution < -0.4 is 11.1 Å². The first-order valence-corrected chi connectivity index (χ1v) is 10.0. The molecule has 2 amide bonds. The Morgan fingerprint density at radius 2 is 2.04 bits per heavy atom. The Labute approximate surface area is 161 Å². The number of thioether (sulfide) groups is 1. The third-order valence-corrected chi connectivity index (χ3v) is 8.04. The molecule has 4 atom stereocenters. The molecule has 2 aliphatic rings. The summed E-state index contributed by atoms with van der Waals surface area (Å²) in [5.41, 5.74) is 4.84. The molecule has 0 radical (unpaired) electrons. The van der Waals surface area contributed by atoms with E-state index >= 15 is 0 Å². The maximum Gasteiger partial charge on any atom is 0.327 e. The van der Waals surface area contributed by atoms with E-state index in [2.05, 4.69) is 21.2 Å². The normalized spacial score (nSPS) is 31.2. The number of fused-ring (bicyclic) bond motifs is 1. The van der Waals surface area contributed by atoms with Crippen LogP contribution in [-0.4, -0.2) is 49.5 Å². The fourth-order valence-electron chi connectivity index (χ4n) is 3.30. The van der Waals surface area contributed by atoms with Gasteiger partial charge in [0.25, 0.3) is 5.91 Å². The number of β-lactam (4-membered cyclic amide) rings is 1. The Morgan fingerprint density at radius 1 is 1.40 bits per heavy atom. The number of rotatable bonds is 4. The number of carbonyl (C=O) groups excluding carboxylic acids is 2. The first kappa shape index (κ1) is 18.7. The second-order valence-electron chi connectivity index (χ2n) is 6.84. The Morgan fingerprint density at radius 3 is 2.56 bits per heavy atom. The smallest absolute Gasteiger partial charge is 0.327 e. The molecule has 1 aromatic rings. The van der Waals surface area contributed by atoms with Crippen molar-refractivity contribution in [3.63, 3.8) is 0 Å². The second kappa shape index (κ2) is 5.97. The first-order chi connectivity index (χ1) is 11.5. The highest BCUT2D eigenvalue weighted by Gasteiger charge is 2.70. The number of carbonyl (C=O) groups is 3. The number of aliphatic carboxylic acids is 1. The number of nitrogens with zero attached hydrogens (tertiary/aromatic N) is 1. The molecule has 0 aliphatic carbocycles. The average molecular weight is 448 g/mol. The van der Waals surface area contributed by atoms with Crippen LogP contribution in [0.4, 0.5) is 0 Å². The van der Waals surface area contributed by atoms with Crippen LogP contribution >= 0.6 is 39.0 Å². The molecule has 3 rings (SSSR count). The lowest BCUT2D eigenvalue weighted by molar-refractivity contribution is -0.168. The van der Waals surface area contributed by atoms with E-state index in [4.69, 9.17) is 5.73 Å². The van der Waals surface area contributed by atoms with E-state index in [1.807, 2.05) is 0 Å². The van der Waals surface area contributed by atoms with Gasteiger partial charge in [-0.2, -0.15) is 0 Å². The van der Waals surface area contributed by atoms with Crippen molar-refractivity contribution < 1.29 is 19.5 Å². The third-order valence-electron chi connectivity index (χ3n) is 4.58. The summed E-state index contributed by atoms with van der Waals surface area (Å²) in [5.74, 6) is -1.89. The van der Waals surface area contributed by atoms with Gasteiger partial charge in [0.2, 0.25) is 5.91 Å². The molecule has 7 nitrogen and oxygen atoms in total. The molecule has 136 valence electrons. The zero-order valence-corrected chi connectivity index (χ0v) is 17.0. The van der Waals surface area contributed by atoms with E-state index in [-0.39, 0.29) is 0 Å². The molecular weight excluding hydrogens is 430 g/mol. The van der Waals surface area contributed by atoms with Gasteiger partial charge in [-0.05, 0) is 48.8 Å². The van der Waals surface area contributed by atoms with Gasteiger partial charge < -0.3 is 21.1 Å². The van der Waals surface area contributed by atoms with Crippen LogP contribution in [0.2, 0.25) is 0 Å². The molecule has 0 saturated carbocycles. The van der Waals surface area contributed by atoms with Crippen LogP contribution in [0.1, 0.15) is 31.7 Å². The van der Waals surface area contributed by atoms with Gasteiger partial charge in [0, 0.05) is 9.62 Å². The number of carboxylic acid groups (broad SMARTS) is 1. The fraction of sp³-hybridized carbons (Fsp3) is 0.533. The molecule has 2 aliphatic heterocycles. The van der Waals surface area contributed by atoms with Gasteiger partial charge in [-0.1, -0.05) is 0 Å². The van der Waals surface area contributed by atoms with E-state index in [1.54, 1.807) is 32.9 Å². The van der Waals surface area contributed by atoms with Crippen molar-refractivity contribution in [3.05, 3.63) is 20.8 Å². The minimum atomic E-state index is -1.16. The fourth-order valence-corrected chi connectivity index (χ4v) is 6.37. The highest BCUT2D eigenvalue weighted by atomic mass is 79.9. The molecule has 10 heteroatoms. The van der Waals surface area contributed by atoms with Gasteiger partial charge in [0.05, 0.1) is 3.79 Å². The quantitative estimate of drug-likeness (QED) is 0.603. The maximum absolute atomic E-state index is 12.7. The minimum Gasteiger partial charge on any atom is -0.480 e. The lowest BCUT2D eigenvalue weighted by Crippen LogP contribution is -2.78. The third kappa shape index (κ3) is 2.79. The van der Waals surface area contributed by atoms with Crippen molar-refractivity contribution in [3.8, 4) is 0 Å². The Balaban J connectivity index is 1.79. The molecule has 2 fully saturated rings. The van der Waals surface area contributed by atoms with E-state index in [1.165, 1.54) is 28.0 Å². The largest absolute Gasteiger partial charge is 0.480 e. The van der Waals surface area contributed by atoms with E-state index < -0.39 is 45.5 Å². The first-order valence-electron chi connectivity index (χ1n) is 7.55. The Hall–Kier alpha value is -1.10. The summed E-state index contributed by atoms with van der Waals surface area (Å²) in [6.45, 7) is 5.21. The standard InChI is InChI=1S/C15H18BrN3O4S2/c1-14(2)9(11(21)22)19-12(23)15(3,13(19)25-14)18-10(20)8(17)6-4-5-7(16)24-6/h4-5,8-9,13H,17H2,1-3H3,(H,18,20)(H,21,22)/t8?,9-,13+,15?/m0/s1. The summed E-state index contributed by atoms with van der Waals surface area (Å²) in [5, 5.41) is 11.8. The molecule has 25 heavy (non-hydrogen) atoms. The minimum absolute atomic E-state index is 0.393. The Kier molecular flexibility index (Phi) is 4.46. The zero-order chi connectivity index (χ0) is 18.7. The number of nitrogens with one attached hydrogen (secondary N) is 1. The van der Waals surface area contributed by atoms with Crippen LogP contribution in [-0.2, 0) is 14.4 Å². The predicted molar refractivity (Wildman–Crippen MR) is 99.2 cm³/mol. The van der Waals surface area contributed by atoms with E-state index in [0.717, 1.165) is 3.79 Å². The molecule has 0 aromatic carbocycles. The number of nitrogens with two attached hydrogens (primary N) is 1. The van der Waals surface area contributed by atoms with Crippen molar-refractivity contribution in [1.29, 1.82) is 0 Å². The maximum atomic E-state index is 12.7. The van der Waals surface area contributed by atoms with E-state index in [0.29, 0.717) is 4.88 Å². The van der Waals surface area contributed by atoms with Gasteiger partial charge in [0.1, 0.15) is 23.0 Å². The molecule has 3 heterocycles. The molecule has 4 N–H and O–H groups in total. The zero-order valence-electron chi connectivity index (χ0n) is 13.8. The SMILES string of the molecule is CC1(C)S[C@H]2N(C(=O)C2(C)NC(=O)C(N)c2ccc(Br)s2)[C@H]1C(=O)O. The average Bonchev–Trinajstić information content (AvgIpc) is 3.05. The highest BCUT2D eigenvalue weighted by Crippen LogP contribution is 2.54. The van der Waals surface area contributed by atoms with Crippen molar-refractivity contribution in [2.24, 2.45) is 5.73 Å². The molecule has 2 unspecified atom stereocenters. The van der Waals surface area contributed by atoms with E-state index in [9.17, 15) is 19.5 Å². The summed E-state index contributed by atoms with van der Waals surface area (Å²) in [4.78, 5) is 38.8. The summed E-state index contributed by atoms with van der Waals surface area (Å²) in [7, 11) is 0. The van der Waals surface area contributed by atoms with Gasteiger partial charge in [-0.25, -0.2) is 4.79 Å². The number of carboxylic acids is 1. The van der Waals surface area contributed by atoms with Crippen LogP contribution in [0.15, 0.2) is 15.9 Å². The van der Waals surface area contributed by atoms with Gasteiger partial charge >= 0.3 is 5.97 Å². The summed E-state index contributed by atoms with van der Waals surface area (Å²) in [6, 6.07) is 1.76. The second-order valence-corrected chi connectivity index (χ2v) is 11.1. The number of halogens is 1. The van der Waals surface area contributed by atoms with Crippen molar-refractivity contribution in [2.75, 3.05) is 0 Å². The Bertz CT molecular complexity index is 768. The van der Waals surface area contributed by atoms with Gasteiger partial charge in [0.15, 0.2) is 0 Å². The number of amides is 2. The van der Waals surface area contributed by atoms with Crippen molar-refractivity contribution >= 4 is 56.8 Å². The monoisotopic (exact) mass is 447 g/mol. The summed E-state index contributed by atoms with van der Waals surface area (Å²) >= 11 is 6.06. The summed E-state index contributed by atoms with van der Waals surface area (Å²) < 4.78 is 0.218. The molecule has 0 spiro atoms. The van der Waals surface area contributed by atoms with Gasteiger partial charge in [-0.3, -0.25) is 9.59 Å². The van der Waals surface area contributed by atoms with Crippen molar-refractivity contribution in [2.45, 2.75) is 48.5 Å². The molecule has 2 saturated heterocycles. The van der Waals surface area contributed by atoms with Crippen LogP contribution in [0, 0.1) is 0 Å². The van der Waals surface area contributed by atoms with Crippen molar-refractivity contribution in [1.82, 2.24) is 10.2 Å². The molecule has 0 bridgehead atoms. The lowest BCUT2D eigenvalue weighted by Gasteiger charge is -2.51. The topological polar surface area (TPSA) is 113 Å². The van der Waals surface area contributed by atoms with Crippen LogP contribution in [0.3, 0.4) is 0 Å². The van der Waals surface area contributed by atoms with Crippen LogP contribution in [0.25, 0.3) is 0 Å². The van der Waals surface area contributed by atoms with Crippen LogP contribution in [0.5, 0.6) is 0 Å². The lowest BCUT2D eigenvalue weighted by atomic mass is 9.86.